The number of benzene rings is 1. The van der Waals surface area contributed by atoms with Gasteiger partial charge in [-0.3, -0.25) is 9.69 Å². The molecule has 0 bridgehead atoms. The smallest absolute Gasteiger partial charge is 0.241 e. The van der Waals surface area contributed by atoms with Crippen LogP contribution in [0.3, 0.4) is 0 Å². The highest BCUT2D eigenvalue weighted by Gasteiger charge is 2.39. The zero-order chi connectivity index (χ0) is 33.1. The Kier molecular flexibility index (Phi) is 14.4. The molecule has 0 spiro atoms. The SMILES string of the molecule is CCC=C1CCCC1.CCCC1=C2CCOC2=CC(C2CC(CC)N(CC(=O)N(c3ccc(F)c(C)c3)C(CCC)CCC)C2)C1. The predicted octanol–water partition coefficient (Wildman–Crippen LogP) is 10.9. The highest BCUT2D eigenvalue weighted by Crippen LogP contribution is 2.43. The molecule has 1 aromatic rings. The average Bonchev–Trinajstić information content (AvgIpc) is 3.82. The third-order valence-corrected chi connectivity index (χ3v) is 10.7. The first-order valence-electron chi connectivity index (χ1n) is 18.9. The Morgan fingerprint density at radius 1 is 1.07 bits per heavy atom. The maximum Gasteiger partial charge on any atom is 0.241 e. The lowest BCUT2D eigenvalue weighted by Crippen LogP contribution is -2.47. The van der Waals surface area contributed by atoms with Gasteiger partial charge in [-0.1, -0.05) is 71.1 Å². The van der Waals surface area contributed by atoms with E-state index in [4.69, 9.17) is 4.74 Å². The summed E-state index contributed by atoms with van der Waals surface area (Å²) >= 11 is 0. The normalized spacial score (nSPS) is 22.8. The van der Waals surface area contributed by atoms with E-state index < -0.39 is 0 Å². The number of amides is 1. The first-order valence-corrected chi connectivity index (χ1v) is 18.9. The van der Waals surface area contributed by atoms with Crippen LogP contribution in [0, 0.1) is 24.6 Å². The van der Waals surface area contributed by atoms with Gasteiger partial charge in [-0.25, -0.2) is 4.39 Å². The Hall–Kier alpha value is -2.40. The number of rotatable bonds is 13. The first kappa shape index (κ1) is 36.4. The molecule has 1 amide bonds. The molecule has 0 radical (unpaired) electrons. The minimum atomic E-state index is -0.218. The number of carbonyl (C=O) groups is 1. The van der Waals surface area contributed by atoms with Gasteiger partial charge in [0.1, 0.15) is 11.6 Å². The van der Waals surface area contributed by atoms with E-state index in [0.717, 1.165) is 76.0 Å². The molecule has 4 nitrogen and oxygen atoms in total. The number of anilines is 1. The number of aryl methyl sites for hydroxylation is 1. The van der Waals surface area contributed by atoms with Crippen LogP contribution in [0.4, 0.5) is 10.1 Å². The molecule has 2 aliphatic carbocycles. The summed E-state index contributed by atoms with van der Waals surface area (Å²) in [7, 11) is 0. The monoisotopic (exact) mass is 634 g/mol. The van der Waals surface area contributed by atoms with Crippen LogP contribution in [-0.4, -0.2) is 42.6 Å². The lowest BCUT2D eigenvalue weighted by Gasteiger charge is -2.34. The summed E-state index contributed by atoms with van der Waals surface area (Å²) in [6.45, 7) is 15.1. The van der Waals surface area contributed by atoms with E-state index in [1.165, 1.54) is 56.6 Å². The Balaban J connectivity index is 0.000000523. The van der Waals surface area contributed by atoms with Crippen LogP contribution < -0.4 is 4.90 Å². The van der Waals surface area contributed by atoms with Crippen molar-refractivity contribution in [2.75, 3.05) is 24.6 Å². The van der Waals surface area contributed by atoms with E-state index in [1.54, 1.807) is 24.1 Å². The van der Waals surface area contributed by atoms with E-state index in [2.05, 4.69) is 51.7 Å². The number of fused-ring (bicyclic) bond motifs is 1. The quantitative estimate of drug-likeness (QED) is 0.202. The molecule has 0 N–H and O–H groups in total. The van der Waals surface area contributed by atoms with Crippen LogP contribution in [0.5, 0.6) is 0 Å². The Bertz CT molecular complexity index is 1220. The minimum absolute atomic E-state index is 0.142. The summed E-state index contributed by atoms with van der Waals surface area (Å²) in [5.41, 5.74) is 6.21. The fourth-order valence-corrected chi connectivity index (χ4v) is 8.42. The number of nitrogens with zero attached hydrogens (tertiary/aromatic N) is 2. The molecule has 46 heavy (non-hydrogen) atoms. The molecule has 5 heteroatoms. The third kappa shape index (κ3) is 9.36. The number of hydrogen-bond donors (Lipinski definition) is 0. The number of allylic oxidation sites excluding steroid dienone is 5. The van der Waals surface area contributed by atoms with Crippen molar-refractivity contribution in [2.45, 2.75) is 150 Å². The standard InChI is InChI=1S/C33H49FN2O2.C8H14/c1-6-10-24-18-25(20-32-30(24)15-16-38-32)26-19-27(9-4)35(21-26)22-33(37)36(28(11-7-2)12-8-3)29-13-14-31(34)23(5)17-29;1-2-5-8-6-3-4-7-8/h13-14,17,20,25-28H,6-12,15-16,18-19,21-22H2,1-5H3;5H,2-4,6-7H2,1H3. The van der Waals surface area contributed by atoms with Crippen LogP contribution >= 0.6 is 0 Å². The minimum Gasteiger partial charge on any atom is -0.493 e. The fourth-order valence-electron chi connectivity index (χ4n) is 8.42. The Morgan fingerprint density at radius 3 is 2.43 bits per heavy atom. The third-order valence-electron chi connectivity index (χ3n) is 10.7. The van der Waals surface area contributed by atoms with E-state index in [9.17, 15) is 9.18 Å². The summed E-state index contributed by atoms with van der Waals surface area (Å²) in [6, 6.07) is 5.71. The van der Waals surface area contributed by atoms with Gasteiger partial charge in [0.2, 0.25) is 5.91 Å². The lowest BCUT2D eigenvalue weighted by atomic mass is 9.78. The van der Waals surface area contributed by atoms with Crippen molar-refractivity contribution in [3.05, 3.63) is 64.2 Å². The van der Waals surface area contributed by atoms with Crippen LogP contribution in [0.15, 0.2) is 52.8 Å². The van der Waals surface area contributed by atoms with Crippen molar-refractivity contribution in [2.24, 2.45) is 11.8 Å². The van der Waals surface area contributed by atoms with Gasteiger partial charge in [-0.15, -0.1) is 0 Å². The molecular weight excluding hydrogens is 571 g/mol. The van der Waals surface area contributed by atoms with Crippen molar-refractivity contribution < 1.29 is 13.9 Å². The van der Waals surface area contributed by atoms with Gasteiger partial charge in [-0.2, -0.15) is 0 Å². The second-order valence-electron chi connectivity index (χ2n) is 14.2. The van der Waals surface area contributed by atoms with Crippen molar-refractivity contribution in [3.8, 4) is 0 Å². The molecule has 1 saturated carbocycles. The molecule has 3 atom stereocenters. The molecule has 256 valence electrons. The van der Waals surface area contributed by atoms with Crippen molar-refractivity contribution >= 4 is 11.6 Å². The van der Waals surface area contributed by atoms with E-state index in [0.29, 0.717) is 30.0 Å². The van der Waals surface area contributed by atoms with Gasteiger partial charge >= 0.3 is 0 Å². The highest BCUT2D eigenvalue weighted by molar-refractivity contribution is 5.95. The summed E-state index contributed by atoms with van der Waals surface area (Å²) in [4.78, 5) is 18.5. The maximum absolute atomic E-state index is 14.1. The topological polar surface area (TPSA) is 32.8 Å². The number of halogens is 1. The second-order valence-corrected chi connectivity index (χ2v) is 14.2. The highest BCUT2D eigenvalue weighted by atomic mass is 19.1. The van der Waals surface area contributed by atoms with Crippen LogP contribution in [0.2, 0.25) is 0 Å². The van der Waals surface area contributed by atoms with Gasteiger partial charge in [0.25, 0.3) is 0 Å². The van der Waals surface area contributed by atoms with Crippen LogP contribution in [0.25, 0.3) is 0 Å². The van der Waals surface area contributed by atoms with E-state index in [1.807, 2.05) is 11.0 Å². The number of ether oxygens (including phenoxy) is 1. The molecule has 5 rings (SSSR count). The predicted molar refractivity (Wildman–Crippen MR) is 192 cm³/mol. The van der Waals surface area contributed by atoms with Gasteiger partial charge in [-0.05, 0) is 125 Å². The molecule has 4 aliphatic rings. The van der Waals surface area contributed by atoms with Crippen molar-refractivity contribution in [1.29, 1.82) is 0 Å². The van der Waals surface area contributed by atoms with Gasteiger partial charge < -0.3 is 9.64 Å². The molecule has 2 heterocycles. The number of likely N-dealkylation sites (tertiary alicyclic amines) is 1. The zero-order valence-electron chi connectivity index (χ0n) is 30.0. The molecule has 3 unspecified atom stereocenters. The van der Waals surface area contributed by atoms with Crippen LogP contribution in [-0.2, 0) is 9.53 Å². The number of carbonyl (C=O) groups excluding carboxylic acids is 1. The van der Waals surface area contributed by atoms with Crippen molar-refractivity contribution in [3.63, 3.8) is 0 Å². The summed E-state index contributed by atoms with van der Waals surface area (Å²) in [6.07, 6.45) is 22.4. The summed E-state index contributed by atoms with van der Waals surface area (Å²) in [5.74, 6) is 2.11. The maximum atomic E-state index is 14.1. The zero-order valence-corrected chi connectivity index (χ0v) is 30.0. The molecule has 3 fully saturated rings. The molecule has 2 aliphatic heterocycles. The van der Waals surface area contributed by atoms with Gasteiger partial charge in [0.05, 0.1) is 13.2 Å². The fraction of sp³-hybridized carbons (Fsp3) is 0.683. The van der Waals surface area contributed by atoms with Crippen LogP contribution in [0.1, 0.15) is 136 Å². The Morgan fingerprint density at radius 2 is 1.80 bits per heavy atom. The summed E-state index contributed by atoms with van der Waals surface area (Å²) in [5, 5.41) is 0. The Labute approximate surface area is 280 Å². The average molecular weight is 635 g/mol. The van der Waals surface area contributed by atoms with Crippen molar-refractivity contribution in [1.82, 2.24) is 4.90 Å². The largest absolute Gasteiger partial charge is 0.493 e. The summed E-state index contributed by atoms with van der Waals surface area (Å²) < 4.78 is 20.2. The first-order chi connectivity index (χ1) is 22.3. The van der Waals surface area contributed by atoms with Gasteiger partial charge in [0, 0.05) is 30.7 Å². The second kappa shape index (κ2) is 18.2. The molecule has 1 aromatic carbocycles. The lowest BCUT2D eigenvalue weighted by molar-refractivity contribution is -0.120. The van der Waals surface area contributed by atoms with E-state index in [-0.39, 0.29) is 17.8 Å². The molecule has 2 saturated heterocycles. The molecule has 0 aromatic heterocycles. The van der Waals surface area contributed by atoms with E-state index >= 15 is 0 Å². The van der Waals surface area contributed by atoms with Gasteiger partial charge in [0.15, 0.2) is 0 Å². The number of hydrogen-bond acceptors (Lipinski definition) is 3. The molecular formula is C41H63FN2O2.